The fourth-order valence-electron chi connectivity index (χ4n) is 1.64. The van der Waals surface area contributed by atoms with Crippen LogP contribution in [0, 0.1) is 11.6 Å². The molecule has 0 saturated carbocycles. The molecule has 20 heavy (non-hydrogen) atoms. The zero-order valence-corrected chi connectivity index (χ0v) is 11.9. The van der Waals surface area contributed by atoms with Crippen LogP contribution in [-0.4, -0.2) is 19.9 Å². The van der Waals surface area contributed by atoms with Gasteiger partial charge in [-0.2, -0.15) is 9.97 Å². The summed E-state index contributed by atoms with van der Waals surface area (Å²) in [5.41, 5.74) is 0.694. The molecule has 0 saturated heterocycles. The van der Waals surface area contributed by atoms with E-state index in [9.17, 15) is 8.78 Å². The molecule has 0 aliphatic carbocycles. The van der Waals surface area contributed by atoms with Crippen molar-refractivity contribution in [2.24, 2.45) is 0 Å². The predicted octanol–water partition coefficient (Wildman–Crippen LogP) is 3.79. The van der Waals surface area contributed by atoms with E-state index in [1.165, 1.54) is 6.33 Å². The second-order valence-corrected chi connectivity index (χ2v) is 5.01. The van der Waals surface area contributed by atoms with Crippen LogP contribution in [0.25, 0.3) is 11.2 Å². The number of anilines is 2. The minimum absolute atomic E-state index is 0.0351. The Balaban J connectivity index is 2.09. The topological polar surface area (TPSA) is 66.5 Å². The summed E-state index contributed by atoms with van der Waals surface area (Å²) in [4.78, 5) is 14.5. The predicted molar refractivity (Wildman–Crippen MR) is 74.0 cm³/mol. The first-order chi connectivity index (χ1) is 9.54. The third-order valence-corrected chi connectivity index (χ3v) is 3.30. The van der Waals surface area contributed by atoms with Crippen molar-refractivity contribution in [3.63, 3.8) is 0 Å². The van der Waals surface area contributed by atoms with Crippen LogP contribution in [0.5, 0.6) is 0 Å². The molecule has 2 aromatic heterocycles. The Labute approximate surface area is 124 Å². The number of halogens is 4. The van der Waals surface area contributed by atoms with Crippen LogP contribution in [0.1, 0.15) is 0 Å². The highest BCUT2D eigenvalue weighted by Crippen LogP contribution is 2.28. The average Bonchev–Trinajstić information content (AvgIpc) is 2.84. The van der Waals surface area contributed by atoms with Crippen molar-refractivity contribution in [3.8, 4) is 0 Å². The van der Waals surface area contributed by atoms with Crippen molar-refractivity contribution in [2.45, 2.75) is 0 Å². The Morgan fingerprint density at radius 1 is 1.20 bits per heavy atom. The van der Waals surface area contributed by atoms with E-state index in [1.807, 2.05) is 0 Å². The number of hydrogen-bond donors (Lipinski definition) is 2. The zero-order valence-electron chi connectivity index (χ0n) is 9.59. The minimum atomic E-state index is -0.638. The van der Waals surface area contributed by atoms with Crippen molar-refractivity contribution in [3.05, 3.63) is 39.9 Å². The average molecular weight is 361 g/mol. The Kier molecular flexibility index (Phi) is 3.27. The molecule has 5 nitrogen and oxygen atoms in total. The fraction of sp³-hybridized carbons (Fsp3) is 0. The molecule has 0 spiro atoms. The normalized spacial score (nSPS) is 11.0. The summed E-state index contributed by atoms with van der Waals surface area (Å²) >= 11 is 8.66. The Hall–Kier alpha value is -1.80. The van der Waals surface area contributed by atoms with Crippen LogP contribution in [-0.2, 0) is 0 Å². The van der Waals surface area contributed by atoms with Gasteiger partial charge in [0.25, 0.3) is 0 Å². The third-order valence-electron chi connectivity index (χ3n) is 2.52. The molecule has 0 amide bonds. The second-order valence-electron chi connectivity index (χ2n) is 3.81. The fourth-order valence-corrected chi connectivity index (χ4v) is 2.12. The monoisotopic (exact) mass is 359 g/mol. The van der Waals surface area contributed by atoms with Crippen LogP contribution in [0.3, 0.4) is 0 Å². The number of nitrogens with zero attached hydrogens (tertiary/aromatic N) is 3. The second kappa shape index (κ2) is 4.95. The summed E-state index contributed by atoms with van der Waals surface area (Å²) in [6.45, 7) is 0. The van der Waals surface area contributed by atoms with Gasteiger partial charge in [-0.1, -0.05) is 0 Å². The van der Waals surface area contributed by atoms with Gasteiger partial charge in [0.15, 0.2) is 11.5 Å². The van der Waals surface area contributed by atoms with E-state index >= 15 is 0 Å². The highest BCUT2D eigenvalue weighted by atomic mass is 79.9. The van der Waals surface area contributed by atoms with Crippen LogP contribution >= 0.6 is 27.5 Å². The summed E-state index contributed by atoms with van der Waals surface area (Å²) in [6.07, 6.45) is 1.40. The maximum Gasteiger partial charge on any atom is 0.226 e. The molecular weight excluding hydrogens is 356 g/mol. The van der Waals surface area contributed by atoms with Crippen molar-refractivity contribution in [2.75, 3.05) is 5.32 Å². The molecule has 2 heterocycles. The molecule has 3 rings (SSSR count). The number of nitrogens with one attached hydrogen (secondary N) is 2. The lowest BCUT2D eigenvalue weighted by Gasteiger charge is -2.08. The summed E-state index contributed by atoms with van der Waals surface area (Å²) in [5, 5.41) is 2.62. The number of aromatic nitrogens is 4. The SMILES string of the molecule is Fc1cc(Nc2nc(Cl)nc3nc[nH]c23)c(F)cc1Br. The number of benzene rings is 1. The molecule has 0 unspecified atom stereocenters. The lowest BCUT2D eigenvalue weighted by molar-refractivity contribution is 0.598. The molecule has 0 atom stereocenters. The molecule has 0 fully saturated rings. The molecular formula is C11H5BrClF2N5. The van der Waals surface area contributed by atoms with Gasteiger partial charge in [-0.3, -0.25) is 0 Å². The van der Waals surface area contributed by atoms with Gasteiger partial charge >= 0.3 is 0 Å². The first kappa shape index (κ1) is 13.2. The first-order valence-corrected chi connectivity index (χ1v) is 6.50. The molecule has 102 valence electrons. The van der Waals surface area contributed by atoms with Gasteiger partial charge in [-0.05, 0) is 33.6 Å². The summed E-state index contributed by atoms with van der Waals surface area (Å²) in [5.74, 6) is -1.03. The van der Waals surface area contributed by atoms with Crippen LogP contribution < -0.4 is 5.32 Å². The first-order valence-electron chi connectivity index (χ1n) is 5.33. The van der Waals surface area contributed by atoms with E-state index in [0.29, 0.717) is 11.2 Å². The minimum Gasteiger partial charge on any atom is -0.340 e. The summed E-state index contributed by atoms with van der Waals surface area (Å²) < 4.78 is 27.3. The number of imidazole rings is 1. The molecule has 1 aromatic carbocycles. The molecule has 0 aliphatic heterocycles. The number of rotatable bonds is 2. The lowest BCUT2D eigenvalue weighted by atomic mass is 10.3. The standard InChI is InChI=1S/C11H5BrClF2N5/c12-4-1-6(15)7(2-5(4)14)18-10-8-9(17-3-16-8)19-11(13)20-10/h1-3H,(H2,16,17,18,19,20). The molecule has 2 N–H and O–H groups in total. The van der Waals surface area contributed by atoms with E-state index in [1.54, 1.807) is 0 Å². The highest BCUT2D eigenvalue weighted by molar-refractivity contribution is 9.10. The van der Waals surface area contributed by atoms with E-state index < -0.39 is 11.6 Å². The van der Waals surface area contributed by atoms with Gasteiger partial charge < -0.3 is 10.3 Å². The van der Waals surface area contributed by atoms with E-state index in [4.69, 9.17) is 11.6 Å². The van der Waals surface area contributed by atoms with Gasteiger partial charge in [-0.15, -0.1) is 0 Å². The maximum atomic E-state index is 13.8. The molecule has 0 radical (unpaired) electrons. The highest BCUT2D eigenvalue weighted by Gasteiger charge is 2.13. The largest absolute Gasteiger partial charge is 0.340 e. The number of fused-ring (bicyclic) bond motifs is 1. The lowest BCUT2D eigenvalue weighted by Crippen LogP contribution is -2.00. The van der Waals surface area contributed by atoms with Crippen molar-refractivity contribution < 1.29 is 8.78 Å². The van der Waals surface area contributed by atoms with E-state index in [0.717, 1.165) is 12.1 Å². The quantitative estimate of drug-likeness (QED) is 0.539. The van der Waals surface area contributed by atoms with Crippen molar-refractivity contribution in [1.82, 2.24) is 19.9 Å². The Morgan fingerprint density at radius 2 is 2.00 bits per heavy atom. The van der Waals surface area contributed by atoms with E-state index in [-0.39, 0.29) is 21.3 Å². The Morgan fingerprint density at radius 3 is 2.80 bits per heavy atom. The van der Waals surface area contributed by atoms with Crippen LogP contribution in [0.15, 0.2) is 22.9 Å². The smallest absolute Gasteiger partial charge is 0.226 e. The summed E-state index contributed by atoms with van der Waals surface area (Å²) in [7, 11) is 0. The van der Waals surface area contributed by atoms with Gasteiger partial charge in [-0.25, -0.2) is 13.8 Å². The van der Waals surface area contributed by atoms with Crippen molar-refractivity contribution in [1.29, 1.82) is 0 Å². The van der Waals surface area contributed by atoms with Gasteiger partial charge in [0.2, 0.25) is 5.28 Å². The van der Waals surface area contributed by atoms with Gasteiger partial charge in [0, 0.05) is 6.07 Å². The van der Waals surface area contributed by atoms with E-state index in [2.05, 4.69) is 41.2 Å². The number of aromatic amines is 1. The molecule has 0 aliphatic rings. The molecule has 3 aromatic rings. The number of H-pyrrole nitrogens is 1. The van der Waals surface area contributed by atoms with Gasteiger partial charge in [0.1, 0.15) is 17.2 Å². The van der Waals surface area contributed by atoms with Gasteiger partial charge in [0.05, 0.1) is 16.5 Å². The maximum absolute atomic E-state index is 13.8. The molecule has 0 bridgehead atoms. The zero-order chi connectivity index (χ0) is 14.3. The molecule has 9 heteroatoms. The van der Waals surface area contributed by atoms with Crippen molar-refractivity contribution >= 4 is 50.2 Å². The van der Waals surface area contributed by atoms with Crippen LogP contribution in [0.2, 0.25) is 5.28 Å². The summed E-state index contributed by atoms with van der Waals surface area (Å²) in [6, 6.07) is 2.03. The van der Waals surface area contributed by atoms with Crippen LogP contribution in [0.4, 0.5) is 20.3 Å². The third kappa shape index (κ3) is 2.32. The number of hydrogen-bond acceptors (Lipinski definition) is 4. The Bertz CT molecular complexity index is 807.